The van der Waals surface area contributed by atoms with Gasteiger partial charge in [0.15, 0.2) is 0 Å². The molecule has 0 amide bonds. The Morgan fingerprint density at radius 3 is 2.87 bits per heavy atom. The van der Waals surface area contributed by atoms with Crippen LogP contribution < -0.4 is 5.73 Å². The molecule has 0 saturated heterocycles. The van der Waals surface area contributed by atoms with Gasteiger partial charge in [0.25, 0.3) is 0 Å². The summed E-state index contributed by atoms with van der Waals surface area (Å²) in [5, 5.41) is 0. The van der Waals surface area contributed by atoms with Gasteiger partial charge in [0.1, 0.15) is 0 Å². The highest BCUT2D eigenvalue weighted by molar-refractivity contribution is 7.99. The Morgan fingerprint density at radius 2 is 2.27 bits per heavy atom. The number of hydrogen-bond acceptors (Lipinski definition) is 2. The Hall–Kier alpha value is -0.730. The molecule has 1 nitrogen and oxygen atoms in total. The lowest BCUT2D eigenvalue weighted by molar-refractivity contribution is 0.815. The second-order valence-corrected chi connectivity index (χ2v) is 4.80. The highest BCUT2D eigenvalue weighted by Crippen LogP contribution is 2.23. The largest absolute Gasteiger partial charge is 0.324 e. The van der Waals surface area contributed by atoms with E-state index in [1.807, 2.05) is 18.7 Å². The van der Waals surface area contributed by atoms with E-state index in [0.717, 1.165) is 12.2 Å². The van der Waals surface area contributed by atoms with Crippen LogP contribution in [0.2, 0.25) is 0 Å². The average molecular weight is 221 g/mol. The number of benzene rings is 1. The molecule has 2 N–H and O–H groups in total. The first-order chi connectivity index (χ1) is 7.13. The fourth-order valence-corrected chi connectivity index (χ4v) is 2.14. The topological polar surface area (TPSA) is 26.0 Å². The average Bonchev–Trinajstić information content (AvgIpc) is 2.26. The van der Waals surface area contributed by atoms with E-state index in [9.17, 15) is 0 Å². The monoisotopic (exact) mass is 221 g/mol. The SMILES string of the molecule is C=C(CC)CSc1cccc(C(C)N)c1. The highest BCUT2D eigenvalue weighted by atomic mass is 32.2. The van der Waals surface area contributed by atoms with Crippen molar-refractivity contribution in [2.24, 2.45) is 5.73 Å². The maximum Gasteiger partial charge on any atom is 0.0266 e. The molecular formula is C13H19NS. The smallest absolute Gasteiger partial charge is 0.0266 e. The van der Waals surface area contributed by atoms with Gasteiger partial charge >= 0.3 is 0 Å². The van der Waals surface area contributed by atoms with Crippen molar-refractivity contribution in [1.82, 2.24) is 0 Å². The predicted molar refractivity (Wildman–Crippen MR) is 69.2 cm³/mol. The molecule has 0 fully saturated rings. The van der Waals surface area contributed by atoms with Crippen LogP contribution in [0.3, 0.4) is 0 Å². The molecular weight excluding hydrogens is 202 g/mol. The minimum Gasteiger partial charge on any atom is -0.324 e. The van der Waals surface area contributed by atoms with Gasteiger partial charge in [-0.05, 0) is 31.0 Å². The number of thioether (sulfide) groups is 1. The summed E-state index contributed by atoms with van der Waals surface area (Å²) in [6.07, 6.45) is 1.06. The van der Waals surface area contributed by atoms with E-state index >= 15 is 0 Å². The van der Waals surface area contributed by atoms with Crippen molar-refractivity contribution in [2.45, 2.75) is 31.2 Å². The maximum absolute atomic E-state index is 5.84. The van der Waals surface area contributed by atoms with Crippen LogP contribution >= 0.6 is 11.8 Å². The summed E-state index contributed by atoms with van der Waals surface area (Å²) in [7, 11) is 0. The van der Waals surface area contributed by atoms with Gasteiger partial charge in [0, 0.05) is 16.7 Å². The van der Waals surface area contributed by atoms with E-state index in [0.29, 0.717) is 0 Å². The number of nitrogens with two attached hydrogens (primary N) is 1. The standard InChI is InChI=1S/C13H19NS/c1-4-10(2)9-15-13-7-5-6-12(8-13)11(3)14/h5-8,11H,2,4,9,14H2,1,3H3. The normalized spacial score (nSPS) is 12.5. The van der Waals surface area contributed by atoms with Crippen LogP contribution in [0, 0.1) is 0 Å². The first-order valence-corrected chi connectivity index (χ1v) is 6.27. The second kappa shape index (κ2) is 5.99. The second-order valence-electron chi connectivity index (χ2n) is 3.75. The minimum absolute atomic E-state index is 0.111. The molecule has 2 heteroatoms. The van der Waals surface area contributed by atoms with Gasteiger partial charge in [-0.15, -0.1) is 11.8 Å². The fraction of sp³-hybridized carbons (Fsp3) is 0.385. The van der Waals surface area contributed by atoms with Crippen LogP contribution in [-0.2, 0) is 0 Å². The molecule has 0 aliphatic heterocycles. The lowest BCUT2D eigenvalue weighted by Gasteiger charge is -2.08. The summed E-state index contributed by atoms with van der Waals surface area (Å²) >= 11 is 1.83. The molecule has 1 aromatic rings. The van der Waals surface area contributed by atoms with E-state index in [-0.39, 0.29) is 6.04 Å². The summed E-state index contributed by atoms with van der Waals surface area (Å²) in [5.74, 6) is 0.999. The first kappa shape index (κ1) is 12.3. The Balaban J connectivity index is 2.61. The quantitative estimate of drug-likeness (QED) is 0.605. The fourth-order valence-electron chi connectivity index (χ4n) is 1.18. The molecule has 0 aromatic heterocycles. The summed E-state index contributed by atoms with van der Waals surface area (Å²) in [6, 6.07) is 8.54. The predicted octanol–water partition coefficient (Wildman–Crippen LogP) is 3.76. The van der Waals surface area contributed by atoms with Crippen molar-refractivity contribution >= 4 is 11.8 Å². The van der Waals surface area contributed by atoms with E-state index < -0.39 is 0 Å². The molecule has 0 spiro atoms. The van der Waals surface area contributed by atoms with Crippen molar-refractivity contribution < 1.29 is 0 Å². The molecule has 0 bridgehead atoms. The van der Waals surface area contributed by atoms with Crippen molar-refractivity contribution in [2.75, 3.05) is 5.75 Å². The highest BCUT2D eigenvalue weighted by Gasteiger charge is 2.01. The molecule has 82 valence electrons. The summed E-state index contributed by atoms with van der Waals surface area (Å²) in [4.78, 5) is 1.28. The van der Waals surface area contributed by atoms with Gasteiger partial charge in [-0.3, -0.25) is 0 Å². The van der Waals surface area contributed by atoms with Gasteiger partial charge in [0.2, 0.25) is 0 Å². The lowest BCUT2D eigenvalue weighted by Crippen LogP contribution is -2.04. The molecule has 0 aliphatic rings. The zero-order valence-electron chi connectivity index (χ0n) is 9.49. The van der Waals surface area contributed by atoms with E-state index in [2.05, 4.69) is 37.8 Å². The molecule has 0 heterocycles. The van der Waals surface area contributed by atoms with Crippen molar-refractivity contribution in [1.29, 1.82) is 0 Å². The zero-order valence-corrected chi connectivity index (χ0v) is 10.3. The Labute approximate surface area is 96.8 Å². The summed E-state index contributed by atoms with van der Waals surface area (Å²) in [5.41, 5.74) is 8.32. The molecule has 15 heavy (non-hydrogen) atoms. The van der Waals surface area contributed by atoms with Crippen LogP contribution in [0.1, 0.15) is 31.9 Å². The Kier molecular flexibility index (Phi) is 4.92. The molecule has 0 saturated carbocycles. The molecule has 1 rings (SSSR count). The van der Waals surface area contributed by atoms with Gasteiger partial charge in [-0.2, -0.15) is 0 Å². The summed E-state index contributed by atoms with van der Waals surface area (Å²) < 4.78 is 0. The van der Waals surface area contributed by atoms with E-state index in [1.165, 1.54) is 16.0 Å². The molecule has 0 aliphatic carbocycles. The van der Waals surface area contributed by atoms with Gasteiger partial charge in [0.05, 0.1) is 0 Å². The number of hydrogen-bond donors (Lipinski definition) is 1. The lowest BCUT2D eigenvalue weighted by atomic mass is 10.1. The van der Waals surface area contributed by atoms with Crippen molar-refractivity contribution in [3.05, 3.63) is 42.0 Å². The van der Waals surface area contributed by atoms with Crippen molar-refractivity contribution in [3.63, 3.8) is 0 Å². The third-order valence-electron chi connectivity index (χ3n) is 2.33. The van der Waals surface area contributed by atoms with Gasteiger partial charge < -0.3 is 5.73 Å². The maximum atomic E-state index is 5.84. The number of rotatable bonds is 5. The zero-order chi connectivity index (χ0) is 11.3. The minimum atomic E-state index is 0.111. The third kappa shape index (κ3) is 4.10. The Morgan fingerprint density at radius 1 is 1.53 bits per heavy atom. The molecule has 1 aromatic carbocycles. The van der Waals surface area contributed by atoms with Crippen molar-refractivity contribution in [3.8, 4) is 0 Å². The van der Waals surface area contributed by atoms with Gasteiger partial charge in [-0.25, -0.2) is 0 Å². The van der Waals surface area contributed by atoms with Crippen LogP contribution in [0.5, 0.6) is 0 Å². The van der Waals surface area contributed by atoms with Crippen LogP contribution in [0.15, 0.2) is 41.3 Å². The molecule has 1 unspecified atom stereocenters. The van der Waals surface area contributed by atoms with Crippen LogP contribution in [0.4, 0.5) is 0 Å². The molecule has 1 atom stereocenters. The summed E-state index contributed by atoms with van der Waals surface area (Å²) in [6.45, 7) is 8.15. The molecule has 0 radical (unpaired) electrons. The van der Waals surface area contributed by atoms with Crippen LogP contribution in [0.25, 0.3) is 0 Å². The first-order valence-electron chi connectivity index (χ1n) is 5.28. The Bertz CT molecular complexity index is 331. The third-order valence-corrected chi connectivity index (χ3v) is 3.47. The van der Waals surface area contributed by atoms with Crippen LogP contribution in [-0.4, -0.2) is 5.75 Å². The van der Waals surface area contributed by atoms with E-state index in [4.69, 9.17) is 5.73 Å². The van der Waals surface area contributed by atoms with E-state index in [1.54, 1.807) is 0 Å². The van der Waals surface area contributed by atoms with Gasteiger partial charge in [-0.1, -0.05) is 31.2 Å².